The highest BCUT2D eigenvalue weighted by Gasteiger charge is 2.17. The number of hydrogen-bond donors (Lipinski definition) is 2. The smallest absolute Gasteiger partial charge is 0.381 e. The lowest BCUT2D eigenvalue weighted by atomic mass is 10.3. The molecular formula is C10H14N4O5. The van der Waals surface area contributed by atoms with Crippen LogP contribution in [0.3, 0.4) is 0 Å². The van der Waals surface area contributed by atoms with Crippen LogP contribution in [0.1, 0.15) is 19.2 Å². The number of nitrogens with zero attached hydrogens (tertiary/aromatic N) is 3. The number of rotatable bonds is 6. The summed E-state index contributed by atoms with van der Waals surface area (Å²) in [5, 5.41) is 21.4. The third-order valence-electron chi connectivity index (χ3n) is 2.48. The van der Waals surface area contributed by atoms with E-state index in [0.29, 0.717) is 5.82 Å². The van der Waals surface area contributed by atoms with Gasteiger partial charge in [-0.3, -0.25) is 9.59 Å². The highest BCUT2D eigenvalue weighted by atomic mass is 16.6. The molecule has 1 atom stereocenters. The normalized spacial score (nSPS) is 11.9. The summed E-state index contributed by atoms with van der Waals surface area (Å²) in [6, 6.07) is -0.967. The summed E-state index contributed by atoms with van der Waals surface area (Å²) < 4.78 is 1.48. The van der Waals surface area contributed by atoms with Gasteiger partial charge in [-0.1, -0.05) is 0 Å². The van der Waals surface area contributed by atoms with Gasteiger partial charge in [0.25, 0.3) is 0 Å². The van der Waals surface area contributed by atoms with Crippen LogP contribution >= 0.6 is 0 Å². The van der Waals surface area contributed by atoms with Crippen LogP contribution in [0.15, 0.2) is 6.20 Å². The average Bonchev–Trinajstić information content (AvgIpc) is 2.68. The molecular weight excluding hydrogens is 256 g/mol. The molecule has 0 saturated carbocycles. The maximum atomic E-state index is 11.4. The van der Waals surface area contributed by atoms with E-state index in [2.05, 4.69) is 10.3 Å². The van der Waals surface area contributed by atoms with E-state index >= 15 is 0 Å². The van der Waals surface area contributed by atoms with Crippen LogP contribution in [0.25, 0.3) is 0 Å². The van der Waals surface area contributed by atoms with Crippen molar-refractivity contribution in [3.8, 4) is 0 Å². The highest BCUT2D eigenvalue weighted by molar-refractivity contribution is 5.83. The van der Waals surface area contributed by atoms with E-state index in [9.17, 15) is 19.7 Å². The van der Waals surface area contributed by atoms with E-state index in [-0.39, 0.29) is 18.8 Å². The zero-order chi connectivity index (χ0) is 14.6. The molecule has 9 nitrogen and oxygen atoms in total. The molecule has 1 aromatic rings. The van der Waals surface area contributed by atoms with Crippen molar-refractivity contribution in [3.63, 3.8) is 0 Å². The summed E-state index contributed by atoms with van der Waals surface area (Å²) in [5.74, 6) is -1.42. The first-order chi connectivity index (χ1) is 8.81. The number of carbonyl (C=O) groups is 2. The quantitative estimate of drug-likeness (QED) is 0.556. The molecule has 0 bridgehead atoms. The number of carboxylic acid groups (broad SMARTS) is 1. The summed E-state index contributed by atoms with van der Waals surface area (Å²) in [5.41, 5.74) is 0. The van der Waals surface area contributed by atoms with Crippen molar-refractivity contribution < 1.29 is 19.6 Å². The van der Waals surface area contributed by atoms with Crippen LogP contribution < -0.4 is 5.32 Å². The molecule has 9 heteroatoms. The van der Waals surface area contributed by atoms with Crippen molar-refractivity contribution in [2.24, 2.45) is 0 Å². The molecule has 1 heterocycles. The molecule has 1 rings (SSSR count). The Balaban J connectivity index is 2.55. The second-order valence-corrected chi connectivity index (χ2v) is 3.97. The predicted molar refractivity (Wildman–Crippen MR) is 63.5 cm³/mol. The maximum absolute atomic E-state index is 11.4. The molecule has 19 heavy (non-hydrogen) atoms. The lowest BCUT2D eigenvalue weighted by Crippen LogP contribution is -2.38. The van der Waals surface area contributed by atoms with Crippen LogP contribution in [0.2, 0.25) is 0 Å². The van der Waals surface area contributed by atoms with Gasteiger partial charge >= 0.3 is 11.8 Å². The van der Waals surface area contributed by atoms with Gasteiger partial charge in [0, 0.05) is 19.9 Å². The van der Waals surface area contributed by atoms with E-state index in [0.717, 1.165) is 0 Å². The molecule has 2 N–H and O–H groups in total. The second-order valence-electron chi connectivity index (χ2n) is 3.97. The monoisotopic (exact) mass is 270 g/mol. The fourth-order valence-corrected chi connectivity index (χ4v) is 1.40. The van der Waals surface area contributed by atoms with Crippen molar-refractivity contribution in [1.82, 2.24) is 14.9 Å². The molecule has 0 fully saturated rings. The first-order valence-electron chi connectivity index (χ1n) is 5.51. The molecule has 0 radical (unpaired) electrons. The zero-order valence-electron chi connectivity index (χ0n) is 10.5. The molecule has 0 aliphatic carbocycles. The van der Waals surface area contributed by atoms with Gasteiger partial charge in [-0.15, -0.1) is 0 Å². The van der Waals surface area contributed by atoms with Crippen LogP contribution in [0.5, 0.6) is 0 Å². The number of hydrogen-bond acceptors (Lipinski definition) is 5. The van der Waals surface area contributed by atoms with Gasteiger partial charge in [0.05, 0.1) is 0 Å². The van der Waals surface area contributed by atoms with Gasteiger partial charge < -0.3 is 25.1 Å². The lowest BCUT2D eigenvalue weighted by molar-refractivity contribution is -0.389. The molecule has 0 saturated heterocycles. The molecule has 0 aromatic carbocycles. The van der Waals surface area contributed by atoms with Crippen LogP contribution in [-0.4, -0.2) is 37.5 Å². The van der Waals surface area contributed by atoms with Crippen molar-refractivity contribution in [3.05, 3.63) is 22.1 Å². The van der Waals surface area contributed by atoms with Gasteiger partial charge in [0.1, 0.15) is 12.2 Å². The van der Waals surface area contributed by atoms with Crippen molar-refractivity contribution in [2.45, 2.75) is 32.9 Å². The Morgan fingerprint density at radius 3 is 2.74 bits per heavy atom. The molecule has 0 aliphatic rings. The number of amides is 1. The first-order valence-corrected chi connectivity index (χ1v) is 5.51. The van der Waals surface area contributed by atoms with Gasteiger partial charge in [0.2, 0.25) is 11.7 Å². The summed E-state index contributed by atoms with van der Waals surface area (Å²) in [7, 11) is 0. The fourth-order valence-electron chi connectivity index (χ4n) is 1.40. The van der Waals surface area contributed by atoms with Crippen LogP contribution in [0, 0.1) is 17.0 Å². The van der Waals surface area contributed by atoms with E-state index in [1.165, 1.54) is 17.7 Å². The largest absolute Gasteiger partial charge is 0.480 e. The van der Waals surface area contributed by atoms with E-state index in [1.54, 1.807) is 6.92 Å². The van der Waals surface area contributed by atoms with Gasteiger partial charge in [-0.2, -0.15) is 0 Å². The highest BCUT2D eigenvalue weighted by Crippen LogP contribution is 2.10. The molecule has 104 valence electrons. The predicted octanol–water partition coefficient (Wildman–Crippen LogP) is 0.0791. The zero-order valence-corrected chi connectivity index (χ0v) is 10.5. The Kier molecular flexibility index (Phi) is 4.56. The topological polar surface area (TPSA) is 127 Å². The maximum Gasteiger partial charge on any atom is 0.381 e. The summed E-state index contributed by atoms with van der Waals surface area (Å²) in [4.78, 5) is 35.6. The van der Waals surface area contributed by atoms with Crippen LogP contribution in [0.4, 0.5) is 5.82 Å². The van der Waals surface area contributed by atoms with Gasteiger partial charge in [-0.25, -0.2) is 0 Å². The Labute approximate surface area is 108 Å². The molecule has 1 amide bonds. The Morgan fingerprint density at radius 2 is 2.26 bits per heavy atom. The van der Waals surface area contributed by atoms with E-state index in [1.807, 2.05) is 0 Å². The fraction of sp³-hybridized carbons (Fsp3) is 0.500. The third kappa shape index (κ3) is 4.05. The standard InChI is InChI=1S/C10H14N4O5/c1-6(10(16)17)11-9(15)3-4-13-5-8(14(18)19)12-7(13)2/h5-6H,3-4H2,1-2H3,(H,11,15)(H,16,17)/t6-/m1/s1. The van der Waals surface area contributed by atoms with E-state index < -0.39 is 22.8 Å². The van der Waals surface area contributed by atoms with Gasteiger partial charge in [0.15, 0.2) is 0 Å². The third-order valence-corrected chi connectivity index (χ3v) is 2.48. The summed E-state index contributed by atoms with van der Waals surface area (Å²) in [6.45, 7) is 3.14. The minimum Gasteiger partial charge on any atom is -0.480 e. The molecule has 1 aromatic heterocycles. The number of nitrogens with one attached hydrogen (secondary N) is 1. The number of aryl methyl sites for hydroxylation is 2. The van der Waals surface area contributed by atoms with Crippen LogP contribution in [-0.2, 0) is 16.1 Å². The second kappa shape index (κ2) is 5.94. The van der Waals surface area contributed by atoms with E-state index in [4.69, 9.17) is 5.11 Å². The number of aromatic nitrogens is 2. The average molecular weight is 270 g/mol. The molecule has 0 aliphatic heterocycles. The van der Waals surface area contributed by atoms with Crippen molar-refractivity contribution in [2.75, 3.05) is 0 Å². The number of carboxylic acids is 1. The number of nitro groups is 1. The van der Waals surface area contributed by atoms with Crippen molar-refractivity contribution in [1.29, 1.82) is 0 Å². The Morgan fingerprint density at radius 1 is 1.63 bits per heavy atom. The summed E-state index contributed by atoms with van der Waals surface area (Å²) >= 11 is 0. The Bertz CT molecular complexity index is 510. The SMILES string of the molecule is Cc1nc([N+](=O)[O-])cn1CCC(=O)N[C@H](C)C(=O)O. The lowest BCUT2D eigenvalue weighted by Gasteiger charge is -2.09. The minimum atomic E-state index is -1.12. The molecule has 0 unspecified atom stereocenters. The minimum absolute atomic E-state index is 0.0198. The van der Waals surface area contributed by atoms with Crippen molar-refractivity contribution >= 4 is 17.7 Å². The number of imidazole rings is 1. The molecule has 0 spiro atoms. The number of carbonyl (C=O) groups excluding carboxylic acids is 1. The van der Waals surface area contributed by atoms with Gasteiger partial charge in [-0.05, 0) is 16.8 Å². The summed E-state index contributed by atoms with van der Waals surface area (Å²) in [6.07, 6.45) is 1.26. The first kappa shape index (κ1) is 14.6. The number of aliphatic carboxylic acids is 1. The Hall–Kier alpha value is -2.45.